The Morgan fingerprint density at radius 2 is 2.22 bits per heavy atom. The summed E-state index contributed by atoms with van der Waals surface area (Å²) >= 11 is 0. The lowest BCUT2D eigenvalue weighted by Gasteiger charge is -2.10. The first-order valence-corrected chi connectivity index (χ1v) is 5.42. The average Bonchev–Trinajstić information content (AvgIpc) is 2.98. The summed E-state index contributed by atoms with van der Waals surface area (Å²) in [5.41, 5.74) is 8.22. The molecular formula is C12H12N2O4. The highest BCUT2D eigenvalue weighted by molar-refractivity contribution is 5.78. The van der Waals surface area contributed by atoms with Gasteiger partial charge in [0, 0.05) is 12.7 Å². The van der Waals surface area contributed by atoms with Crippen molar-refractivity contribution in [2.45, 2.75) is 6.61 Å². The van der Waals surface area contributed by atoms with Gasteiger partial charge in [-0.3, -0.25) is 0 Å². The second kappa shape index (κ2) is 4.23. The van der Waals surface area contributed by atoms with Gasteiger partial charge in [-0.15, -0.1) is 0 Å². The van der Waals surface area contributed by atoms with E-state index >= 15 is 0 Å². The van der Waals surface area contributed by atoms with Gasteiger partial charge in [-0.25, -0.2) is 0 Å². The highest BCUT2D eigenvalue weighted by atomic mass is 16.7. The molecule has 2 aromatic rings. The van der Waals surface area contributed by atoms with Gasteiger partial charge in [-0.2, -0.15) is 0 Å². The SMILES string of the molecule is COCc1c(-c2cnoc2N)ccc2c1OCO2. The summed E-state index contributed by atoms with van der Waals surface area (Å²) in [5, 5.41) is 3.68. The third-order valence-corrected chi connectivity index (χ3v) is 2.82. The van der Waals surface area contributed by atoms with Crippen molar-refractivity contribution in [2.75, 3.05) is 19.6 Å². The molecule has 1 aromatic heterocycles. The Morgan fingerprint density at radius 3 is 2.94 bits per heavy atom. The fraction of sp³-hybridized carbons (Fsp3) is 0.250. The van der Waals surface area contributed by atoms with Crippen LogP contribution in [0.15, 0.2) is 22.9 Å². The molecule has 1 aliphatic heterocycles. The van der Waals surface area contributed by atoms with Gasteiger partial charge in [0.2, 0.25) is 12.7 Å². The van der Waals surface area contributed by atoms with Gasteiger partial charge in [0.25, 0.3) is 0 Å². The minimum absolute atomic E-state index is 0.217. The van der Waals surface area contributed by atoms with Crippen LogP contribution in [0.3, 0.4) is 0 Å². The molecule has 0 saturated heterocycles. The number of nitrogens with zero attached hydrogens (tertiary/aromatic N) is 1. The van der Waals surface area contributed by atoms with Gasteiger partial charge < -0.3 is 24.5 Å². The van der Waals surface area contributed by atoms with E-state index in [0.717, 1.165) is 16.7 Å². The standard InChI is InChI=1S/C12H12N2O4/c1-15-5-9-7(8-4-14-18-12(8)13)2-3-10-11(9)17-6-16-10/h2-4H,5-6,13H2,1H3. The highest BCUT2D eigenvalue weighted by Crippen LogP contribution is 2.42. The van der Waals surface area contributed by atoms with Crippen molar-refractivity contribution >= 4 is 5.88 Å². The van der Waals surface area contributed by atoms with E-state index in [2.05, 4.69) is 5.16 Å². The number of anilines is 1. The molecule has 6 heteroatoms. The molecule has 0 fully saturated rings. The number of hydrogen-bond acceptors (Lipinski definition) is 6. The fourth-order valence-electron chi connectivity index (χ4n) is 2.02. The summed E-state index contributed by atoms with van der Waals surface area (Å²) in [4.78, 5) is 0. The maximum absolute atomic E-state index is 5.74. The number of hydrogen-bond donors (Lipinski definition) is 1. The van der Waals surface area contributed by atoms with E-state index in [-0.39, 0.29) is 12.7 Å². The molecule has 0 amide bonds. The molecule has 0 spiro atoms. The van der Waals surface area contributed by atoms with Crippen LogP contribution in [0.2, 0.25) is 0 Å². The van der Waals surface area contributed by atoms with Gasteiger partial charge in [0.15, 0.2) is 11.5 Å². The Balaban J connectivity index is 2.18. The molecule has 1 aliphatic rings. The van der Waals surface area contributed by atoms with Crippen molar-refractivity contribution in [3.63, 3.8) is 0 Å². The predicted molar refractivity (Wildman–Crippen MR) is 63.2 cm³/mol. The lowest BCUT2D eigenvalue weighted by Crippen LogP contribution is -1.97. The molecule has 0 bridgehead atoms. The van der Waals surface area contributed by atoms with Crippen molar-refractivity contribution in [1.29, 1.82) is 0 Å². The first-order chi connectivity index (χ1) is 8.81. The van der Waals surface area contributed by atoms with Crippen LogP contribution in [0, 0.1) is 0 Å². The van der Waals surface area contributed by atoms with E-state index in [0.29, 0.717) is 18.1 Å². The summed E-state index contributed by atoms with van der Waals surface area (Å²) in [5.74, 6) is 1.67. The van der Waals surface area contributed by atoms with Crippen LogP contribution in [0.4, 0.5) is 5.88 Å². The molecule has 0 atom stereocenters. The molecule has 2 heterocycles. The molecule has 0 saturated carbocycles. The summed E-state index contributed by atoms with van der Waals surface area (Å²) in [6, 6.07) is 3.73. The van der Waals surface area contributed by atoms with Crippen molar-refractivity contribution in [3.05, 3.63) is 23.9 Å². The largest absolute Gasteiger partial charge is 0.454 e. The molecule has 18 heavy (non-hydrogen) atoms. The van der Waals surface area contributed by atoms with Crippen molar-refractivity contribution in [2.24, 2.45) is 0 Å². The van der Waals surface area contributed by atoms with Crippen LogP contribution in [-0.4, -0.2) is 19.1 Å². The van der Waals surface area contributed by atoms with E-state index in [1.807, 2.05) is 12.1 Å². The van der Waals surface area contributed by atoms with Crippen LogP contribution in [0.5, 0.6) is 11.5 Å². The van der Waals surface area contributed by atoms with E-state index in [4.69, 9.17) is 24.5 Å². The molecule has 0 aliphatic carbocycles. The van der Waals surface area contributed by atoms with Gasteiger partial charge in [0.1, 0.15) is 0 Å². The van der Waals surface area contributed by atoms with Gasteiger partial charge in [-0.05, 0) is 17.7 Å². The van der Waals surface area contributed by atoms with E-state index in [1.54, 1.807) is 13.3 Å². The monoisotopic (exact) mass is 248 g/mol. The quantitative estimate of drug-likeness (QED) is 0.892. The third kappa shape index (κ3) is 1.58. The number of methoxy groups -OCH3 is 1. The minimum Gasteiger partial charge on any atom is -0.454 e. The van der Waals surface area contributed by atoms with Gasteiger partial charge >= 0.3 is 0 Å². The second-order valence-electron chi connectivity index (χ2n) is 3.86. The first kappa shape index (κ1) is 10.9. The number of aromatic nitrogens is 1. The number of nitrogen functional groups attached to an aromatic ring is 1. The number of benzene rings is 1. The van der Waals surface area contributed by atoms with Crippen molar-refractivity contribution in [1.82, 2.24) is 5.16 Å². The second-order valence-corrected chi connectivity index (χ2v) is 3.86. The molecule has 94 valence electrons. The molecule has 6 nitrogen and oxygen atoms in total. The van der Waals surface area contributed by atoms with Crippen molar-refractivity contribution in [3.8, 4) is 22.6 Å². The van der Waals surface area contributed by atoms with Crippen LogP contribution >= 0.6 is 0 Å². The molecule has 2 N–H and O–H groups in total. The van der Waals surface area contributed by atoms with Crippen LogP contribution in [0.1, 0.15) is 5.56 Å². The normalized spacial score (nSPS) is 12.9. The lowest BCUT2D eigenvalue weighted by atomic mass is 10.0. The number of fused-ring (bicyclic) bond motifs is 1. The molecule has 1 aromatic carbocycles. The Hall–Kier alpha value is -2.21. The number of ether oxygens (including phenoxy) is 3. The molecule has 3 rings (SSSR count). The van der Waals surface area contributed by atoms with Gasteiger partial charge in [0.05, 0.1) is 18.4 Å². The van der Waals surface area contributed by atoms with Crippen LogP contribution < -0.4 is 15.2 Å². The Bertz CT molecular complexity index is 579. The Labute approximate surface area is 103 Å². The van der Waals surface area contributed by atoms with E-state index in [9.17, 15) is 0 Å². The predicted octanol–water partition coefficient (Wildman–Crippen LogP) is 1.80. The Morgan fingerprint density at radius 1 is 1.33 bits per heavy atom. The smallest absolute Gasteiger partial charge is 0.231 e. The van der Waals surface area contributed by atoms with E-state index < -0.39 is 0 Å². The van der Waals surface area contributed by atoms with Crippen LogP contribution in [-0.2, 0) is 11.3 Å². The summed E-state index contributed by atoms with van der Waals surface area (Å²) in [7, 11) is 1.62. The summed E-state index contributed by atoms with van der Waals surface area (Å²) in [6.45, 7) is 0.612. The van der Waals surface area contributed by atoms with E-state index in [1.165, 1.54) is 0 Å². The maximum atomic E-state index is 5.74. The zero-order chi connectivity index (χ0) is 12.5. The maximum Gasteiger partial charge on any atom is 0.231 e. The highest BCUT2D eigenvalue weighted by Gasteiger charge is 2.23. The topological polar surface area (TPSA) is 79.7 Å². The zero-order valence-electron chi connectivity index (χ0n) is 9.80. The molecule has 0 unspecified atom stereocenters. The summed E-state index contributed by atoms with van der Waals surface area (Å²) in [6.07, 6.45) is 1.58. The van der Waals surface area contributed by atoms with Gasteiger partial charge in [-0.1, -0.05) is 5.16 Å². The Kier molecular flexibility index (Phi) is 2.56. The van der Waals surface area contributed by atoms with Crippen molar-refractivity contribution < 1.29 is 18.7 Å². The zero-order valence-corrected chi connectivity index (χ0v) is 9.80. The fourth-order valence-corrected chi connectivity index (χ4v) is 2.02. The number of nitrogens with two attached hydrogens (primary N) is 1. The summed E-state index contributed by atoms with van der Waals surface area (Å²) < 4.78 is 20.9. The average molecular weight is 248 g/mol. The number of rotatable bonds is 3. The lowest BCUT2D eigenvalue weighted by molar-refractivity contribution is 0.163. The van der Waals surface area contributed by atoms with Crippen LogP contribution in [0.25, 0.3) is 11.1 Å². The molecule has 0 radical (unpaired) electrons. The molecular weight excluding hydrogens is 236 g/mol. The first-order valence-electron chi connectivity index (χ1n) is 5.42. The minimum atomic E-state index is 0.217. The third-order valence-electron chi connectivity index (χ3n) is 2.82.